The van der Waals surface area contributed by atoms with Crippen LogP contribution in [0.15, 0.2) is 24.4 Å². The zero-order chi connectivity index (χ0) is 22.9. The quantitative estimate of drug-likeness (QED) is 0.470. The molecule has 0 saturated heterocycles. The van der Waals surface area contributed by atoms with Gasteiger partial charge in [0.05, 0.1) is 11.9 Å². The fraction of sp³-hybridized carbons (Fsp3) is 0.478. The van der Waals surface area contributed by atoms with Crippen LogP contribution in [0.5, 0.6) is 0 Å². The molecule has 0 unspecified atom stereocenters. The van der Waals surface area contributed by atoms with E-state index in [0.29, 0.717) is 47.0 Å². The molecule has 0 atom stereocenters. The van der Waals surface area contributed by atoms with Crippen LogP contribution in [0.2, 0.25) is 5.02 Å². The monoisotopic (exact) mass is 471 g/mol. The van der Waals surface area contributed by atoms with Crippen molar-refractivity contribution in [2.24, 2.45) is 11.7 Å². The Morgan fingerprint density at radius 2 is 1.88 bits per heavy atom. The summed E-state index contributed by atoms with van der Waals surface area (Å²) in [6, 6.07) is 4.91. The highest BCUT2D eigenvalue weighted by atomic mass is 35.5. The van der Waals surface area contributed by atoms with Crippen molar-refractivity contribution in [3.8, 4) is 0 Å². The number of hydrogen-bond acceptors (Lipinski definition) is 6. The van der Waals surface area contributed by atoms with E-state index in [1.807, 2.05) is 4.57 Å². The molecule has 1 aromatic carbocycles. The Labute approximate surface area is 196 Å². The van der Waals surface area contributed by atoms with Gasteiger partial charge in [0, 0.05) is 23.0 Å². The summed E-state index contributed by atoms with van der Waals surface area (Å²) in [5.74, 6) is 0.228. The normalized spacial score (nSPS) is 21.4. The number of anilines is 3. The van der Waals surface area contributed by atoms with E-state index in [2.05, 4.69) is 20.6 Å². The van der Waals surface area contributed by atoms with Gasteiger partial charge in [-0.15, -0.1) is 0 Å². The van der Waals surface area contributed by atoms with Gasteiger partial charge in [-0.2, -0.15) is 4.98 Å². The molecule has 0 spiro atoms. The van der Waals surface area contributed by atoms with Crippen molar-refractivity contribution < 1.29 is 9.18 Å². The number of nitrogens with zero attached hydrogens (tertiary/aromatic N) is 4. The minimum atomic E-state index is -0.465. The fourth-order valence-corrected chi connectivity index (χ4v) is 5.14. The summed E-state index contributed by atoms with van der Waals surface area (Å²) in [5.41, 5.74) is 7.12. The van der Waals surface area contributed by atoms with Crippen molar-refractivity contribution in [2.45, 2.75) is 63.5 Å². The number of rotatable bonds is 6. The maximum absolute atomic E-state index is 14.5. The molecule has 0 aliphatic heterocycles. The number of nitrogens with two attached hydrogens (primary N) is 1. The number of amides is 1. The average Bonchev–Trinajstić information content (AvgIpc) is 3.43. The van der Waals surface area contributed by atoms with Gasteiger partial charge in [0.2, 0.25) is 17.8 Å². The molecule has 2 fully saturated rings. The van der Waals surface area contributed by atoms with E-state index in [1.54, 1.807) is 18.3 Å². The van der Waals surface area contributed by atoms with E-state index >= 15 is 0 Å². The highest BCUT2D eigenvalue weighted by Gasteiger charge is 2.29. The number of halogens is 2. The van der Waals surface area contributed by atoms with Crippen LogP contribution in [-0.2, 0) is 4.79 Å². The summed E-state index contributed by atoms with van der Waals surface area (Å²) in [6.07, 6.45) is 9.26. The lowest BCUT2D eigenvalue weighted by Gasteiger charge is -2.29. The first-order valence-electron chi connectivity index (χ1n) is 11.5. The highest BCUT2D eigenvalue weighted by molar-refractivity contribution is 6.30. The summed E-state index contributed by atoms with van der Waals surface area (Å²) in [7, 11) is 0. The lowest BCUT2D eigenvalue weighted by molar-refractivity contribution is -0.122. The molecule has 2 aromatic heterocycles. The van der Waals surface area contributed by atoms with Gasteiger partial charge in [-0.3, -0.25) is 9.36 Å². The first-order chi connectivity index (χ1) is 16.0. The van der Waals surface area contributed by atoms with Gasteiger partial charge in [0.25, 0.3) is 0 Å². The van der Waals surface area contributed by atoms with Crippen LogP contribution >= 0.6 is 11.6 Å². The fourth-order valence-electron chi connectivity index (χ4n) is 4.98. The standard InChI is InChI=1S/C23H27ClFN7O/c24-14-7-10-18(17(25)11-14)29-23-30-19-12-27-22(28-15-3-1-2-4-15)31-21(19)32(23)16-8-5-13(6-9-16)20(26)33/h7,10-13,15-16H,1-6,8-9H2,(H2,26,33)(H,29,30)(H,27,28,31)/t13-,16+. The first-order valence-corrected chi connectivity index (χ1v) is 11.9. The molecule has 2 saturated carbocycles. The molecule has 174 valence electrons. The van der Waals surface area contributed by atoms with Gasteiger partial charge in [-0.05, 0) is 56.7 Å². The second kappa shape index (κ2) is 9.13. The number of aromatic nitrogens is 4. The average molecular weight is 472 g/mol. The zero-order valence-electron chi connectivity index (χ0n) is 18.2. The second-order valence-corrected chi connectivity index (χ2v) is 9.43. The summed E-state index contributed by atoms with van der Waals surface area (Å²) in [6.45, 7) is 0. The number of carbonyl (C=O) groups is 1. The van der Waals surface area contributed by atoms with Crippen LogP contribution in [0.4, 0.5) is 22.0 Å². The molecule has 33 heavy (non-hydrogen) atoms. The number of primary amides is 1. The van der Waals surface area contributed by atoms with Gasteiger partial charge in [0.1, 0.15) is 11.3 Å². The molecule has 0 bridgehead atoms. The Bertz CT molecular complexity index is 1170. The maximum Gasteiger partial charge on any atom is 0.224 e. The summed E-state index contributed by atoms with van der Waals surface area (Å²) >= 11 is 5.91. The smallest absolute Gasteiger partial charge is 0.224 e. The molecule has 0 radical (unpaired) electrons. The van der Waals surface area contributed by atoms with E-state index in [0.717, 1.165) is 25.7 Å². The number of benzene rings is 1. The molecule has 2 aliphatic carbocycles. The Kier molecular flexibility index (Phi) is 6.05. The Hall–Kier alpha value is -2.94. The highest BCUT2D eigenvalue weighted by Crippen LogP contribution is 2.37. The third-order valence-electron chi connectivity index (χ3n) is 6.76. The van der Waals surface area contributed by atoms with Crippen LogP contribution in [0.3, 0.4) is 0 Å². The Morgan fingerprint density at radius 1 is 1.12 bits per heavy atom. The molecule has 8 nitrogen and oxygen atoms in total. The van der Waals surface area contributed by atoms with Crippen molar-refractivity contribution in [2.75, 3.05) is 10.6 Å². The molecule has 5 rings (SSSR count). The Morgan fingerprint density at radius 3 is 2.58 bits per heavy atom. The SMILES string of the molecule is NC(=O)[C@H]1CC[C@@H](n2c(Nc3ccc(Cl)cc3F)nc3cnc(NC4CCCC4)nc32)CC1. The van der Waals surface area contributed by atoms with E-state index in [9.17, 15) is 9.18 Å². The van der Waals surface area contributed by atoms with Gasteiger partial charge < -0.3 is 16.4 Å². The lowest BCUT2D eigenvalue weighted by Crippen LogP contribution is -2.28. The molecule has 2 heterocycles. The molecule has 10 heteroatoms. The van der Waals surface area contributed by atoms with Crippen molar-refractivity contribution in [3.05, 3.63) is 35.2 Å². The molecule has 4 N–H and O–H groups in total. The summed E-state index contributed by atoms with van der Waals surface area (Å²) in [5, 5.41) is 6.88. The van der Waals surface area contributed by atoms with Crippen molar-refractivity contribution in [3.63, 3.8) is 0 Å². The third kappa shape index (κ3) is 4.59. The van der Waals surface area contributed by atoms with Crippen molar-refractivity contribution >= 4 is 46.3 Å². The molecular formula is C23H27ClFN7O. The van der Waals surface area contributed by atoms with E-state index in [1.165, 1.54) is 18.9 Å². The third-order valence-corrected chi connectivity index (χ3v) is 7.00. The minimum Gasteiger partial charge on any atom is -0.369 e. The lowest BCUT2D eigenvalue weighted by atomic mass is 9.85. The van der Waals surface area contributed by atoms with Crippen molar-refractivity contribution in [1.82, 2.24) is 19.5 Å². The second-order valence-electron chi connectivity index (χ2n) is 8.99. The topological polar surface area (TPSA) is 111 Å². The minimum absolute atomic E-state index is 0.0534. The van der Waals surface area contributed by atoms with E-state index in [-0.39, 0.29) is 23.6 Å². The van der Waals surface area contributed by atoms with Crippen LogP contribution in [0, 0.1) is 11.7 Å². The molecular weight excluding hydrogens is 445 g/mol. The molecule has 3 aromatic rings. The first kappa shape index (κ1) is 21.9. The van der Waals surface area contributed by atoms with Gasteiger partial charge in [-0.1, -0.05) is 24.4 Å². The van der Waals surface area contributed by atoms with Crippen LogP contribution in [0.25, 0.3) is 11.2 Å². The van der Waals surface area contributed by atoms with Crippen molar-refractivity contribution in [1.29, 1.82) is 0 Å². The van der Waals surface area contributed by atoms with Crippen LogP contribution < -0.4 is 16.4 Å². The predicted octanol–water partition coefficient (Wildman–Crippen LogP) is 4.93. The Balaban J connectivity index is 1.51. The maximum atomic E-state index is 14.5. The molecule has 2 aliphatic rings. The number of fused-ring (bicyclic) bond motifs is 1. The zero-order valence-corrected chi connectivity index (χ0v) is 19.0. The van der Waals surface area contributed by atoms with E-state index in [4.69, 9.17) is 22.3 Å². The van der Waals surface area contributed by atoms with Gasteiger partial charge >= 0.3 is 0 Å². The number of nitrogens with one attached hydrogen (secondary N) is 2. The summed E-state index contributed by atoms with van der Waals surface area (Å²) < 4.78 is 16.5. The molecule has 1 amide bonds. The van der Waals surface area contributed by atoms with E-state index < -0.39 is 5.82 Å². The number of imidazole rings is 1. The van der Waals surface area contributed by atoms with Gasteiger partial charge in [0.15, 0.2) is 5.65 Å². The predicted molar refractivity (Wildman–Crippen MR) is 126 cm³/mol. The number of carbonyl (C=O) groups excluding carboxylic acids is 1. The van der Waals surface area contributed by atoms with Crippen LogP contribution in [-0.4, -0.2) is 31.5 Å². The number of hydrogen-bond donors (Lipinski definition) is 3. The largest absolute Gasteiger partial charge is 0.369 e. The summed E-state index contributed by atoms with van der Waals surface area (Å²) in [4.78, 5) is 25.6. The van der Waals surface area contributed by atoms with Crippen LogP contribution in [0.1, 0.15) is 57.4 Å². The van der Waals surface area contributed by atoms with Gasteiger partial charge in [-0.25, -0.2) is 14.4 Å².